The largest absolute Gasteiger partial charge is 0.481 e. The number of alkyl halides is 2. The monoisotopic (exact) mass is 449 g/mol. The van der Waals surface area contributed by atoms with E-state index in [1.807, 2.05) is 31.2 Å². The molecule has 5 atom stereocenters. The summed E-state index contributed by atoms with van der Waals surface area (Å²) < 4.78 is 46.4. The molecule has 3 heterocycles. The zero-order chi connectivity index (χ0) is 22.8. The molecule has 0 radical (unpaired) electrons. The van der Waals surface area contributed by atoms with Crippen LogP contribution in [-0.4, -0.2) is 38.0 Å². The van der Waals surface area contributed by atoms with E-state index in [9.17, 15) is 13.0 Å². The van der Waals surface area contributed by atoms with Gasteiger partial charge in [0.15, 0.2) is 0 Å². The van der Waals surface area contributed by atoms with Crippen LogP contribution < -0.4 is 9.46 Å². The molecule has 2 aromatic rings. The van der Waals surface area contributed by atoms with Crippen LogP contribution in [0.2, 0.25) is 0 Å². The third-order valence-corrected chi connectivity index (χ3v) is 8.17. The minimum absolute atomic E-state index is 0.0781. The van der Waals surface area contributed by atoms with Crippen LogP contribution in [0.15, 0.2) is 43.2 Å². The molecule has 1 aliphatic heterocycles. The molecular weight excluding hydrogens is 420 g/mol. The van der Waals surface area contributed by atoms with E-state index in [0.717, 1.165) is 16.8 Å². The van der Waals surface area contributed by atoms with Crippen LogP contribution in [0.4, 0.5) is 8.78 Å². The van der Waals surface area contributed by atoms with E-state index >= 15 is 0 Å². The Balaban J connectivity index is 0.000000176. The molecule has 31 heavy (non-hydrogen) atoms. The topological polar surface area (TPSA) is 64.1 Å². The highest BCUT2D eigenvalue weighted by Crippen LogP contribution is 2.51. The Hall–Kier alpha value is -2.19. The molecule has 0 aromatic carbocycles. The summed E-state index contributed by atoms with van der Waals surface area (Å²) in [4.78, 5) is 8.39. The van der Waals surface area contributed by atoms with Crippen molar-refractivity contribution in [3.8, 4) is 17.0 Å². The molecule has 8 heteroatoms. The number of ether oxygens (including phenoxy) is 1. The molecule has 2 aliphatic rings. The summed E-state index contributed by atoms with van der Waals surface area (Å²) >= 11 is 0. The maximum absolute atomic E-state index is 13.6. The smallest absolute Gasteiger partial charge is 0.252 e. The molecule has 0 bridgehead atoms. The van der Waals surface area contributed by atoms with Gasteiger partial charge in [-0.3, -0.25) is 4.98 Å². The molecule has 2 fully saturated rings. The first-order valence-corrected chi connectivity index (χ1v) is 11.4. The van der Waals surface area contributed by atoms with Crippen molar-refractivity contribution >= 4 is 17.1 Å². The van der Waals surface area contributed by atoms with Gasteiger partial charge in [0.1, 0.15) is 0 Å². The number of halogens is 2. The molecular formula is C23H29F2N3O2S. The van der Waals surface area contributed by atoms with Crippen LogP contribution in [-0.2, 0) is 11.0 Å². The summed E-state index contributed by atoms with van der Waals surface area (Å²) in [5.74, 6) is -2.56. The number of rotatable bonds is 3. The van der Waals surface area contributed by atoms with E-state index in [0.29, 0.717) is 12.3 Å². The van der Waals surface area contributed by atoms with Crippen molar-refractivity contribution in [3.05, 3.63) is 48.9 Å². The SMILES string of the molecule is C=Cc1ccc(-c2cccnc2OC)cn1.CC1NS(=O)C2(C)CC(F)(F)C(C)CC12. The minimum Gasteiger partial charge on any atom is -0.481 e. The van der Waals surface area contributed by atoms with E-state index in [2.05, 4.69) is 21.3 Å². The number of nitrogens with zero attached hydrogens (tertiary/aromatic N) is 2. The zero-order valence-electron chi connectivity index (χ0n) is 18.3. The summed E-state index contributed by atoms with van der Waals surface area (Å²) in [6.45, 7) is 8.92. The Morgan fingerprint density at radius 2 is 2.03 bits per heavy atom. The average Bonchev–Trinajstić information content (AvgIpc) is 2.96. The van der Waals surface area contributed by atoms with Gasteiger partial charge in [0.05, 0.1) is 28.5 Å². The lowest BCUT2D eigenvalue weighted by Gasteiger charge is -2.42. The van der Waals surface area contributed by atoms with Crippen molar-refractivity contribution < 1.29 is 17.7 Å². The van der Waals surface area contributed by atoms with Crippen LogP contribution >= 0.6 is 0 Å². The van der Waals surface area contributed by atoms with Crippen LogP contribution in [0.3, 0.4) is 0 Å². The van der Waals surface area contributed by atoms with Gasteiger partial charge in [-0.2, -0.15) is 0 Å². The van der Waals surface area contributed by atoms with Gasteiger partial charge in [0.2, 0.25) is 5.88 Å². The number of hydrogen-bond donors (Lipinski definition) is 1. The van der Waals surface area contributed by atoms with E-state index in [1.165, 1.54) is 0 Å². The highest BCUT2D eigenvalue weighted by molar-refractivity contribution is 7.84. The lowest BCUT2D eigenvalue weighted by Crippen LogP contribution is -2.50. The third kappa shape index (κ3) is 4.70. The predicted molar refractivity (Wildman–Crippen MR) is 120 cm³/mol. The first-order valence-electron chi connectivity index (χ1n) is 10.3. The molecule has 0 spiro atoms. The molecule has 1 saturated heterocycles. The van der Waals surface area contributed by atoms with Crippen LogP contribution in [0.25, 0.3) is 17.2 Å². The van der Waals surface area contributed by atoms with Gasteiger partial charge in [-0.15, -0.1) is 0 Å². The Bertz CT molecular complexity index is 954. The quantitative estimate of drug-likeness (QED) is 0.726. The molecule has 0 amide bonds. The first kappa shape index (κ1) is 23.5. The van der Waals surface area contributed by atoms with Crippen molar-refractivity contribution in [1.82, 2.24) is 14.7 Å². The average molecular weight is 450 g/mol. The second kappa shape index (κ2) is 9.12. The van der Waals surface area contributed by atoms with E-state index in [1.54, 1.807) is 39.4 Å². The molecule has 1 saturated carbocycles. The summed E-state index contributed by atoms with van der Waals surface area (Å²) in [5.41, 5.74) is 2.77. The summed E-state index contributed by atoms with van der Waals surface area (Å²) in [5, 5.41) is 0. The van der Waals surface area contributed by atoms with Gasteiger partial charge in [0.25, 0.3) is 5.92 Å². The van der Waals surface area contributed by atoms with Crippen LogP contribution in [0, 0.1) is 11.8 Å². The van der Waals surface area contributed by atoms with Crippen molar-refractivity contribution in [1.29, 1.82) is 0 Å². The molecule has 1 aliphatic carbocycles. The van der Waals surface area contributed by atoms with Crippen LogP contribution in [0.1, 0.15) is 39.3 Å². The van der Waals surface area contributed by atoms with Crippen LogP contribution in [0.5, 0.6) is 5.88 Å². The second-order valence-electron chi connectivity index (χ2n) is 8.41. The van der Waals surface area contributed by atoms with Gasteiger partial charge in [0, 0.05) is 41.9 Å². The number of fused-ring (bicyclic) bond motifs is 1. The molecule has 168 valence electrons. The van der Waals surface area contributed by atoms with Gasteiger partial charge in [-0.25, -0.2) is 22.7 Å². The predicted octanol–water partition coefficient (Wildman–Crippen LogP) is 4.88. The summed E-state index contributed by atoms with van der Waals surface area (Å²) in [7, 11) is 0.282. The lowest BCUT2D eigenvalue weighted by molar-refractivity contribution is -0.102. The Morgan fingerprint density at radius 1 is 1.29 bits per heavy atom. The Morgan fingerprint density at radius 3 is 2.65 bits per heavy atom. The van der Waals surface area contributed by atoms with E-state index in [4.69, 9.17) is 4.74 Å². The van der Waals surface area contributed by atoms with E-state index in [-0.39, 0.29) is 18.4 Å². The fraction of sp³-hybridized carbons (Fsp3) is 0.478. The normalized spacial score (nSPS) is 31.2. The fourth-order valence-electron chi connectivity index (χ4n) is 4.36. The highest BCUT2D eigenvalue weighted by Gasteiger charge is 2.60. The number of methoxy groups -OCH3 is 1. The highest BCUT2D eigenvalue weighted by atomic mass is 32.2. The standard InChI is InChI=1S/C13H12N2O.C10H17F2NOS/c1-3-11-7-6-10(9-15-11)12-5-4-8-14-13(12)16-2;1-6-4-8-7(2)13-15(14)9(8,3)5-10(6,11)12/h3-9H,1H2,2H3;6-8,13H,4-5H2,1-3H3. The first-order chi connectivity index (χ1) is 14.6. The summed E-state index contributed by atoms with van der Waals surface area (Å²) in [6, 6.07) is 7.79. The maximum Gasteiger partial charge on any atom is 0.252 e. The van der Waals surface area contributed by atoms with Gasteiger partial charge >= 0.3 is 0 Å². The fourth-order valence-corrected chi connectivity index (χ4v) is 6.03. The number of pyridine rings is 2. The zero-order valence-corrected chi connectivity index (χ0v) is 19.1. The summed E-state index contributed by atoms with van der Waals surface area (Å²) in [6.07, 6.45) is 5.41. The van der Waals surface area contributed by atoms with Crippen molar-refractivity contribution in [2.75, 3.05) is 7.11 Å². The van der Waals surface area contributed by atoms with Gasteiger partial charge in [-0.1, -0.05) is 19.6 Å². The molecule has 5 nitrogen and oxygen atoms in total. The van der Waals surface area contributed by atoms with Crippen molar-refractivity contribution in [2.45, 2.75) is 50.3 Å². The minimum atomic E-state index is -2.67. The van der Waals surface area contributed by atoms with Crippen molar-refractivity contribution in [3.63, 3.8) is 0 Å². The third-order valence-electron chi connectivity index (χ3n) is 6.29. The Kier molecular flexibility index (Phi) is 6.91. The molecule has 4 rings (SSSR count). The number of hydrogen-bond acceptors (Lipinski definition) is 4. The Labute approximate surface area is 184 Å². The maximum atomic E-state index is 13.6. The number of aromatic nitrogens is 2. The molecule has 2 aromatic heterocycles. The lowest BCUT2D eigenvalue weighted by atomic mass is 9.70. The van der Waals surface area contributed by atoms with Gasteiger partial charge < -0.3 is 4.74 Å². The van der Waals surface area contributed by atoms with E-state index < -0.39 is 27.6 Å². The molecule has 5 unspecified atom stereocenters. The second-order valence-corrected chi connectivity index (χ2v) is 10.1. The van der Waals surface area contributed by atoms with Crippen molar-refractivity contribution in [2.24, 2.45) is 11.8 Å². The molecule has 1 N–H and O–H groups in total. The van der Waals surface area contributed by atoms with Gasteiger partial charge in [-0.05, 0) is 50.5 Å². The number of nitrogens with one attached hydrogen (secondary N) is 1.